The highest BCUT2D eigenvalue weighted by Crippen LogP contribution is 2.29. The van der Waals surface area contributed by atoms with Gasteiger partial charge in [-0.3, -0.25) is 0 Å². The van der Waals surface area contributed by atoms with Gasteiger partial charge in [-0.1, -0.05) is 82.8 Å². The lowest BCUT2D eigenvalue weighted by Gasteiger charge is -2.34. The molecule has 0 bridgehead atoms. The van der Waals surface area contributed by atoms with Gasteiger partial charge in [-0.05, 0) is 127 Å². The number of nitrogens with one attached hydrogen (secondary N) is 3. The van der Waals surface area contributed by atoms with Gasteiger partial charge in [0.15, 0.2) is 16.8 Å². The van der Waals surface area contributed by atoms with E-state index in [-0.39, 0.29) is 33.3 Å². The first-order chi connectivity index (χ1) is 40.4. The molecule has 0 saturated carbocycles. The number of rotatable bonds is 11. The fraction of sp³-hybridized carbons (Fsp3) is 0.224. The molecule has 26 heteroatoms. The topological polar surface area (TPSA) is 250 Å². The van der Waals surface area contributed by atoms with Crippen LogP contribution in [0.1, 0.15) is 16.7 Å². The maximum Gasteiger partial charge on any atom is 0.229 e. The van der Waals surface area contributed by atoms with E-state index in [0.717, 1.165) is 80.4 Å². The molecule has 2 fully saturated rings. The number of nitrogens with two attached hydrogens (primary N) is 2. The number of aromatic nitrogens is 6. The Labute approximate surface area is 516 Å². The van der Waals surface area contributed by atoms with E-state index in [1.807, 2.05) is 72.8 Å². The number of benzene rings is 5. The molecule has 8 aromatic rings. The third-order valence-corrected chi connectivity index (χ3v) is 13.8. The van der Waals surface area contributed by atoms with Gasteiger partial charge in [0.25, 0.3) is 0 Å². The lowest BCUT2D eigenvalue weighted by atomic mass is 10.1. The van der Waals surface area contributed by atoms with Crippen molar-refractivity contribution in [3.63, 3.8) is 0 Å². The molecule has 3 aromatic heterocycles. The van der Waals surface area contributed by atoms with Crippen LogP contribution in [0.5, 0.6) is 0 Å². The second-order valence-electron chi connectivity index (χ2n) is 18.5. The molecule has 0 atom stereocenters. The van der Waals surface area contributed by atoms with Crippen molar-refractivity contribution in [3.05, 3.63) is 187 Å². The highest BCUT2D eigenvalue weighted by atomic mass is 35.5. The molecule has 10 rings (SSSR count). The Bertz CT molecular complexity index is 3590. The van der Waals surface area contributed by atoms with Crippen LogP contribution >= 0.6 is 69.6 Å². The SMILES string of the molecule is CN1CCN(c2ccc(N)cc2F)CC1.CN1CCN(c2ccc(Nc3ncc(Cl)c(Nc4cccc(CC#N)c4)n3)cc2F)CC1.Clc1ncc(Cl)c(Cl)n1.N#CCc1cccc(N)c1.N#CCc1cccc(Nc2nc(Cl)ncc2Cl)c1. The van der Waals surface area contributed by atoms with Crippen molar-refractivity contribution in [1.82, 2.24) is 39.7 Å². The minimum absolute atomic E-state index is 0.101. The van der Waals surface area contributed by atoms with Gasteiger partial charge >= 0.3 is 0 Å². The number of hydrogen-bond donors (Lipinski definition) is 5. The van der Waals surface area contributed by atoms with E-state index in [0.29, 0.717) is 74.4 Å². The number of halogens is 8. The quantitative estimate of drug-likeness (QED) is 0.0459. The maximum absolute atomic E-state index is 14.8. The lowest BCUT2D eigenvalue weighted by Crippen LogP contribution is -2.44. The summed E-state index contributed by atoms with van der Waals surface area (Å²) in [6.45, 7) is 7.11. The van der Waals surface area contributed by atoms with Gasteiger partial charge in [-0.25, -0.2) is 28.7 Å². The molecule has 2 saturated heterocycles. The van der Waals surface area contributed by atoms with Crippen molar-refractivity contribution in [2.75, 3.05) is 104 Å². The van der Waals surface area contributed by atoms with Gasteiger partial charge in [-0.2, -0.15) is 25.8 Å². The number of hydrogen-bond acceptors (Lipinski definition) is 18. The van der Waals surface area contributed by atoms with E-state index < -0.39 is 0 Å². The zero-order valence-corrected chi connectivity index (χ0v) is 49.9. The van der Waals surface area contributed by atoms with Crippen molar-refractivity contribution in [2.24, 2.45) is 0 Å². The molecule has 7 N–H and O–H groups in total. The average Bonchev–Trinajstić information content (AvgIpc) is 3.48. The normalized spacial score (nSPS) is 12.8. The minimum Gasteiger partial charge on any atom is -0.399 e. The van der Waals surface area contributed by atoms with Gasteiger partial charge in [-0.15, -0.1) is 0 Å². The van der Waals surface area contributed by atoms with Crippen LogP contribution in [-0.2, 0) is 19.3 Å². The number of nitriles is 3. The fourth-order valence-corrected chi connectivity index (χ4v) is 8.69. The van der Waals surface area contributed by atoms with Crippen molar-refractivity contribution in [1.29, 1.82) is 15.8 Å². The van der Waals surface area contributed by atoms with E-state index in [4.69, 9.17) is 96.9 Å². The molecule has 434 valence electrons. The van der Waals surface area contributed by atoms with Crippen molar-refractivity contribution in [2.45, 2.75) is 19.3 Å². The Morgan fingerprint density at radius 1 is 0.476 bits per heavy atom. The van der Waals surface area contributed by atoms with Gasteiger partial charge < -0.3 is 47.0 Å². The molecule has 0 amide bonds. The van der Waals surface area contributed by atoms with Crippen LogP contribution in [0.15, 0.2) is 128 Å². The fourth-order valence-electron chi connectivity index (χ4n) is 7.89. The second-order valence-corrected chi connectivity index (χ2v) is 20.7. The molecule has 2 aliphatic rings. The standard InChI is InChI=1S/C23H23ClFN7.C12H8Cl2N4.C11H16FN3.C8H8N2.C4HCl3N2/c1-31-9-11-32(12-10-31)21-6-5-18(14-20(21)25)29-23-27-15-19(24)22(30-23)28-17-4-2-3-16(13-17)7-8-26;13-10-7-16-12(14)18-11(10)17-9-3-1-2-8(6-9)4-5-15;1-14-4-6-15(7-5-14)11-3-2-9(13)8-10(11)12;9-5-4-7-2-1-3-8(10)6-7;5-2-1-8-4(7)9-3(2)6/h2-6,13-15H,7,9-12H2,1H3,(H2,27,28,29,30);1-3,6-7H,4H2,(H,16,17,18);2-3,8H,4-7,13H2,1H3;1-3,6H,4,10H2;1H. The smallest absolute Gasteiger partial charge is 0.229 e. The molecule has 0 unspecified atom stereocenters. The van der Waals surface area contributed by atoms with Gasteiger partial charge in [0, 0.05) is 80.8 Å². The molecule has 0 radical (unpaired) electrons. The third-order valence-electron chi connectivity index (χ3n) is 12.2. The van der Waals surface area contributed by atoms with Gasteiger partial charge in [0.2, 0.25) is 16.5 Å². The molecule has 84 heavy (non-hydrogen) atoms. The van der Waals surface area contributed by atoms with Gasteiger partial charge in [0.1, 0.15) is 21.7 Å². The summed E-state index contributed by atoms with van der Waals surface area (Å²) >= 11 is 34.2. The molecule has 18 nitrogen and oxygen atoms in total. The summed E-state index contributed by atoms with van der Waals surface area (Å²) in [4.78, 5) is 32.1. The monoisotopic (exact) mass is 1250 g/mol. The molecule has 0 aliphatic carbocycles. The van der Waals surface area contributed by atoms with E-state index in [1.165, 1.54) is 30.7 Å². The molecular formula is C58H56Cl6F2N18. The van der Waals surface area contributed by atoms with Crippen LogP contribution in [0.3, 0.4) is 0 Å². The highest BCUT2D eigenvalue weighted by molar-refractivity contribution is 6.41. The number of nitrogens with zero attached hydrogens (tertiary/aromatic N) is 13. The van der Waals surface area contributed by atoms with Crippen LogP contribution in [0, 0.1) is 45.6 Å². The van der Waals surface area contributed by atoms with E-state index in [1.54, 1.807) is 24.3 Å². The molecule has 5 aromatic carbocycles. The summed E-state index contributed by atoms with van der Waals surface area (Å²) in [5.74, 6) is 0.621. The Kier molecular flexibility index (Phi) is 25.8. The second kappa shape index (κ2) is 33.3. The zero-order chi connectivity index (χ0) is 60.5. The molecule has 2 aliphatic heterocycles. The predicted octanol–water partition coefficient (Wildman–Crippen LogP) is 13.1. The summed E-state index contributed by atoms with van der Waals surface area (Å²) in [6.07, 6.45) is 5.36. The summed E-state index contributed by atoms with van der Waals surface area (Å²) < 4.78 is 28.4. The van der Waals surface area contributed by atoms with Crippen LogP contribution < -0.4 is 37.2 Å². The largest absolute Gasteiger partial charge is 0.399 e. The van der Waals surface area contributed by atoms with Gasteiger partial charge in [0.05, 0.1) is 72.5 Å². The van der Waals surface area contributed by atoms with Crippen LogP contribution in [0.25, 0.3) is 0 Å². The van der Waals surface area contributed by atoms with E-state index in [9.17, 15) is 8.78 Å². The van der Waals surface area contributed by atoms with E-state index in [2.05, 4.69) is 97.8 Å². The minimum atomic E-state index is -0.291. The van der Waals surface area contributed by atoms with Crippen molar-refractivity contribution in [3.8, 4) is 18.2 Å². The average molecular weight is 1260 g/mol. The van der Waals surface area contributed by atoms with Crippen molar-refractivity contribution < 1.29 is 8.78 Å². The molecule has 5 heterocycles. The summed E-state index contributed by atoms with van der Waals surface area (Å²) in [5.41, 5.74) is 18.3. The van der Waals surface area contributed by atoms with Crippen LogP contribution in [-0.4, -0.2) is 106 Å². The summed E-state index contributed by atoms with van der Waals surface area (Å²) in [5, 5.41) is 36.5. The first kappa shape index (κ1) is 65.1. The summed E-state index contributed by atoms with van der Waals surface area (Å²) in [7, 11) is 4.15. The highest BCUT2D eigenvalue weighted by Gasteiger charge is 2.19. The van der Waals surface area contributed by atoms with E-state index >= 15 is 0 Å². The van der Waals surface area contributed by atoms with Crippen LogP contribution in [0.2, 0.25) is 30.8 Å². The van der Waals surface area contributed by atoms with Crippen molar-refractivity contribution >= 4 is 127 Å². The number of anilines is 10. The lowest BCUT2D eigenvalue weighted by molar-refractivity contribution is 0.311. The first-order valence-electron chi connectivity index (χ1n) is 25.6. The summed E-state index contributed by atoms with van der Waals surface area (Å²) in [6, 6.07) is 38.5. The maximum atomic E-state index is 14.8. The first-order valence-corrected chi connectivity index (χ1v) is 27.9. The Morgan fingerprint density at radius 2 is 0.905 bits per heavy atom. The zero-order valence-electron chi connectivity index (χ0n) is 45.4. The van der Waals surface area contributed by atoms with Crippen LogP contribution in [0.4, 0.5) is 66.2 Å². The Morgan fingerprint density at radius 3 is 1.38 bits per heavy atom. The Balaban J connectivity index is 0.000000184. The number of piperazine rings is 2. The number of nitrogen functional groups attached to an aromatic ring is 2. The molecule has 0 spiro atoms. The Hall–Kier alpha value is -8.07. The third kappa shape index (κ3) is 21.3. The number of likely N-dealkylation sites (N-methyl/N-ethyl adjacent to an activating group) is 2. The molecular weight excluding hydrogens is 1200 g/mol. The predicted molar refractivity (Wildman–Crippen MR) is 334 cm³/mol.